The Morgan fingerprint density at radius 3 is 2.59 bits per heavy atom. The molecule has 3 heterocycles. The van der Waals surface area contributed by atoms with Gasteiger partial charge in [0.1, 0.15) is 0 Å². The Bertz CT molecular complexity index is 1200. The molecule has 4 aromatic rings. The Morgan fingerprint density at radius 2 is 1.85 bits per heavy atom. The molecule has 134 valence electrons. The van der Waals surface area contributed by atoms with Crippen LogP contribution in [0.5, 0.6) is 11.5 Å². The SMILES string of the molecule is Cc1cc(-[n+]2c(C)cc3cc4c(cc3c2-c2cccc(Cl)c2)OCO4)[n-]n1. The summed E-state index contributed by atoms with van der Waals surface area (Å²) in [5.41, 5.74) is 3.90. The summed E-state index contributed by atoms with van der Waals surface area (Å²) >= 11 is 6.30. The molecule has 5 nitrogen and oxygen atoms in total. The van der Waals surface area contributed by atoms with E-state index in [1.165, 1.54) is 0 Å². The second-order valence-corrected chi connectivity index (χ2v) is 7.05. The fraction of sp³-hybridized carbons (Fsp3) is 0.143. The van der Waals surface area contributed by atoms with Crippen LogP contribution in [0.2, 0.25) is 5.02 Å². The Labute approximate surface area is 161 Å². The first-order valence-electron chi connectivity index (χ1n) is 8.62. The molecule has 0 spiro atoms. The minimum Gasteiger partial charge on any atom is -0.454 e. The monoisotopic (exact) mass is 377 g/mol. The third kappa shape index (κ3) is 2.62. The lowest BCUT2D eigenvalue weighted by Gasteiger charge is -2.19. The van der Waals surface area contributed by atoms with Crippen molar-refractivity contribution in [3.63, 3.8) is 0 Å². The fourth-order valence-corrected chi connectivity index (χ4v) is 3.76. The molecular formula is C21H16ClN3O2. The number of ether oxygens (including phenoxy) is 2. The van der Waals surface area contributed by atoms with E-state index in [2.05, 4.69) is 27.8 Å². The summed E-state index contributed by atoms with van der Waals surface area (Å²) in [6.45, 7) is 4.23. The van der Waals surface area contributed by atoms with E-state index in [0.717, 1.165) is 50.7 Å². The van der Waals surface area contributed by atoms with Gasteiger partial charge in [-0.15, -0.1) is 5.10 Å². The van der Waals surface area contributed by atoms with Crippen molar-refractivity contribution in [2.24, 2.45) is 0 Å². The molecule has 0 radical (unpaired) electrons. The molecule has 0 fully saturated rings. The summed E-state index contributed by atoms with van der Waals surface area (Å²) in [6.07, 6.45) is 0. The molecule has 1 aliphatic rings. The third-order valence-corrected chi connectivity index (χ3v) is 4.95. The molecule has 27 heavy (non-hydrogen) atoms. The Balaban J connectivity index is 1.91. The van der Waals surface area contributed by atoms with Gasteiger partial charge < -0.3 is 9.47 Å². The maximum absolute atomic E-state index is 6.30. The summed E-state index contributed by atoms with van der Waals surface area (Å²) in [5, 5.41) is 11.3. The van der Waals surface area contributed by atoms with E-state index in [0.29, 0.717) is 5.02 Å². The lowest BCUT2D eigenvalue weighted by Crippen LogP contribution is -2.38. The highest BCUT2D eigenvalue weighted by Crippen LogP contribution is 2.39. The number of pyridine rings is 1. The van der Waals surface area contributed by atoms with E-state index in [1.54, 1.807) is 0 Å². The minimum atomic E-state index is 0.241. The molecule has 0 unspecified atom stereocenters. The predicted molar refractivity (Wildman–Crippen MR) is 103 cm³/mol. The van der Waals surface area contributed by atoms with E-state index in [-0.39, 0.29) is 6.79 Å². The van der Waals surface area contributed by atoms with Crippen LogP contribution >= 0.6 is 11.6 Å². The van der Waals surface area contributed by atoms with Gasteiger partial charge in [0.15, 0.2) is 17.3 Å². The highest BCUT2D eigenvalue weighted by atomic mass is 35.5. The number of hydrogen-bond donors (Lipinski definition) is 0. The van der Waals surface area contributed by atoms with E-state index in [4.69, 9.17) is 21.1 Å². The van der Waals surface area contributed by atoms with E-state index < -0.39 is 0 Å². The highest BCUT2D eigenvalue weighted by molar-refractivity contribution is 6.30. The topological polar surface area (TPSA) is 49.3 Å². The maximum Gasteiger partial charge on any atom is 0.231 e. The Kier molecular flexibility index (Phi) is 3.58. The largest absolute Gasteiger partial charge is 0.454 e. The van der Waals surface area contributed by atoms with Gasteiger partial charge in [-0.25, -0.2) is 0 Å². The smallest absolute Gasteiger partial charge is 0.231 e. The molecule has 0 bridgehead atoms. The maximum atomic E-state index is 6.30. The number of aryl methyl sites for hydroxylation is 2. The van der Waals surface area contributed by atoms with Crippen LogP contribution in [-0.2, 0) is 0 Å². The number of nitrogens with zero attached hydrogens (tertiary/aromatic N) is 3. The molecule has 0 saturated heterocycles. The zero-order valence-electron chi connectivity index (χ0n) is 14.9. The van der Waals surface area contributed by atoms with Crippen LogP contribution in [0, 0.1) is 13.8 Å². The number of aromatic nitrogens is 3. The molecule has 2 aromatic heterocycles. The van der Waals surface area contributed by atoms with Gasteiger partial charge in [-0.1, -0.05) is 23.7 Å². The molecule has 0 aliphatic carbocycles. The van der Waals surface area contributed by atoms with Gasteiger partial charge in [-0.05, 0) is 49.6 Å². The number of hydrogen-bond acceptors (Lipinski definition) is 3. The molecule has 0 N–H and O–H groups in total. The van der Waals surface area contributed by atoms with Gasteiger partial charge in [-0.2, -0.15) is 5.10 Å². The average molecular weight is 378 g/mol. The van der Waals surface area contributed by atoms with Crippen LogP contribution in [0.4, 0.5) is 0 Å². The summed E-state index contributed by atoms with van der Waals surface area (Å²) in [4.78, 5) is 0. The first-order valence-corrected chi connectivity index (χ1v) is 9.00. The molecule has 0 atom stereocenters. The van der Waals surface area contributed by atoms with Crippen LogP contribution in [0.3, 0.4) is 0 Å². The molecule has 0 saturated carbocycles. The van der Waals surface area contributed by atoms with Crippen molar-refractivity contribution < 1.29 is 14.0 Å². The second-order valence-electron chi connectivity index (χ2n) is 6.62. The van der Waals surface area contributed by atoms with Crippen molar-refractivity contribution in [3.8, 4) is 28.6 Å². The van der Waals surface area contributed by atoms with Crippen LogP contribution < -0.4 is 19.1 Å². The predicted octanol–water partition coefficient (Wildman–Crippen LogP) is 4.13. The zero-order chi connectivity index (χ0) is 18.5. The molecule has 1 aliphatic heterocycles. The first-order chi connectivity index (χ1) is 13.1. The molecular weight excluding hydrogens is 362 g/mol. The van der Waals surface area contributed by atoms with Gasteiger partial charge in [0.2, 0.25) is 6.79 Å². The molecule has 5 rings (SSSR count). The van der Waals surface area contributed by atoms with Crippen molar-refractivity contribution in [2.45, 2.75) is 13.8 Å². The van der Waals surface area contributed by atoms with Crippen molar-refractivity contribution in [1.82, 2.24) is 10.2 Å². The van der Waals surface area contributed by atoms with Crippen molar-refractivity contribution in [3.05, 3.63) is 64.9 Å². The van der Waals surface area contributed by atoms with E-state index >= 15 is 0 Å². The van der Waals surface area contributed by atoms with Gasteiger partial charge in [0, 0.05) is 27.7 Å². The van der Waals surface area contributed by atoms with Crippen LogP contribution in [0.15, 0.2) is 48.5 Å². The summed E-state index contributed by atoms with van der Waals surface area (Å²) in [6, 6.07) is 16.0. The molecule has 2 aromatic carbocycles. The lowest BCUT2D eigenvalue weighted by molar-refractivity contribution is -0.594. The van der Waals surface area contributed by atoms with Gasteiger partial charge >= 0.3 is 0 Å². The van der Waals surface area contributed by atoms with Gasteiger partial charge in [0.25, 0.3) is 0 Å². The molecule has 0 amide bonds. The first kappa shape index (κ1) is 16.1. The number of benzene rings is 2. The second kappa shape index (κ2) is 5.99. The summed E-state index contributed by atoms with van der Waals surface area (Å²) < 4.78 is 13.3. The van der Waals surface area contributed by atoms with Gasteiger partial charge in [-0.3, -0.25) is 4.57 Å². The Hall–Kier alpha value is -3.05. The van der Waals surface area contributed by atoms with Crippen molar-refractivity contribution in [1.29, 1.82) is 0 Å². The van der Waals surface area contributed by atoms with E-state index in [1.807, 2.05) is 49.4 Å². The minimum absolute atomic E-state index is 0.241. The van der Waals surface area contributed by atoms with Crippen LogP contribution in [0.25, 0.3) is 27.8 Å². The highest BCUT2D eigenvalue weighted by Gasteiger charge is 2.20. The molecule has 6 heteroatoms. The van der Waals surface area contributed by atoms with Gasteiger partial charge in [0.05, 0.1) is 11.4 Å². The number of fused-ring (bicyclic) bond motifs is 2. The summed E-state index contributed by atoms with van der Waals surface area (Å²) in [7, 11) is 0. The van der Waals surface area contributed by atoms with Crippen LogP contribution in [-0.4, -0.2) is 11.9 Å². The number of rotatable bonds is 2. The van der Waals surface area contributed by atoms with Crippen molar-refractivity contribution in [2.75, 3.05) is 6.79 Å². The van der Waals surface area contributed by atoms with Crippen LogP contribution in [0.1, 0.15) is 11.4 Å². The Morgan fingerprint density at radius 1 is 1.04 bits per heavy atom. The lowest BCUT2D eigenvalue weighted by atomic mass is 10.0. The third-order valence-electron chi connectivity index (χ3n) is 4.72. The standard InChI is InChI=1S/C21H16ClN3O2/c1-12-6-20(24-23-12)25-13(2)7-15-9-18-19(27-11-26-18)10-17(15)21(25)14-4-3-5-16(22)8-14/h3-10H,11H2,1-2H3. The quantitative estimate of drug-likeness (QED) is 0.493. The zero-order valence-corrected chi connectivity index (χ0v) is 15.6. The van der Waals surface area contributed by atoms with Crippen molar-refractivity contribution >= 4 is 22.4 Å². The van der Waals surface area contributed by atoms with E-state index in [9.17, 15) is 0 Å². The normalized spacial score (nSPS) is 12.7. The number of halogens is 1. The average Bonchev–Trinajstić information content (AvgIpc) is 3.27. The fourth-order valence-electron chi connectivity index (χ4n) is 3.57. The summed E-state index contributed by atoms with van der Waals surface area (Å²) in [5.74, 6) is 2.28.